The van der Waals surface area contributed by atoms with E-state index in [0.29, 0.717) is 29.7 Å². The molecule has 0 spiro atoms. The normalized spacial score (nSPS) is 17.6. The zero-order chi connectivity index (χ0) is 29.9. The highest BCUT2D eigenvalue weighted by molar-refractivity contribution is 7.87. The molecule has 0 bridgehead atoms. The van der Waals surface area contributed by atoms with Crippen LogP contribution in [0, 0.1) is 24.1 Å². The Kier molecular flexibility index (Phi) is 8.69. The molecule has 218 valence electrons. The zero-order valence-electron chi connectivity index (χ0n) is 21.8. The van der Waals surface area contributed by atoms with Crippen molar-refractivity contribution >= 4 is 16.0 Å². The first-order valence-corrected chi connectivity index (χ1v) is 14.2. The average molecular weight is 595 g/mol. The molecule has 0 saturated heterocycles. The molecule has 1 fully saturated rings. The van der Waals surface area contributed by atoms with Gasteiger partial charge in [0.25, 0.3) is 5.91 Å². The second-order valence-corrected chi connectivity index (χ2v) is 11.4. The summed E-state index contributed by atoms with van der Waals surface area (Å²) in [6.07, 6.45) is -4.14. The van der Waals surface area contributed by atoms with Crippen molar-refractivity contribution in [1.82, 2.24) is 15.1 Å². The summed E-state index contributed by atoms with van der Waals surface area (Å²) in [5.41, 5.74) is 1.17. The lowest BCUT2D eigenvalue weighted by Crippen LogP contribution is -2.45. The summed E-state index contributed by atoms with van der Waals surface area (Å²) in [6, 6.07) is 10.2. The Morgan fingerprint density at radius 3 is 2.51 bits per heavy atom. The van der Waals surface area contributed by atoms with E-state index in [-0.39, 0.29) is 22.7 Å². The monoisotopic (exact) mass is 594 g/mol. The van der Waals surface area contributed by atoms with Crippen molar-refractivity contribution in [2.75, 3.05) is 5.75 Å². The summed E-state index contributed by atoms with van der Waals surface area (Å²) in [7, 11) is -4.53. The minimum atomic E-state index is -4.67. The molecule has 9 nitrogen and oxygen atoms in total. The summed E-state index contributed by atoms with van der Waals surface area (Å²) >= 11 is 0. The van der Waals surface area contributed by atoms with Gasteiger partial charge >= 0.3 is 16.3 Å². The Labute approximate surface area is 233 Å². The van der Waals surface area contributed by atoms with Gasteiger partial charge in [0.15, 0.2) is 5.69 Å². The SMILES string of the molecule is Cc1c(C(=O)N[C@H]2CCCC[C@H]2O)nn(-c2cc(F)cc(C#N)c2)c1-c1ccc(OS(=O)(=O)CCC(F)(F)F)cc1. The fourth-order valence-corrected chi connectivity index (χ4v) is 5.58. The number of carbonyl (C=O) groups is 1. The number of halogens is 4. The number of nitrogens with zero attached hydrogens (tertiary/aromatic N) is 3. The van der Waals surface area contributed by atoms with Crippen molar-refractivity contribution in [2.45, 2.75) is 57.3 Å². The van der Waals surface area contributed by atoms with Crippen molar-refractivity contribution in [1.29, 1.82) is 5.26 Å². The Hall–Kier alpha value is -3.96. The van der Waals surface area contributed by atoms with Gasteiger partial charge in [-0.25, -0.2) is 9.07 Å². The maximum absolute atomic E-state index is 14.4. The van der Waals surface area contributed by atoms with Crippen molar-refractivity contribution < 1.29 is 40.1 Å². The first kappa shape index (κ1) is 30.0. The highest BCUT2D eigenvalue weighted by Crippen LogP contribution is 2.32. The van der Waals surface area contributed by atoms with E-state index >= 15 is 0 Å². The summed E-state index contributed by atoms with van der Waals surface area (Å²) in [5, 5.41) is 26.8. The number of amides is 1. The van der Waals surface area contributed by atoms with Gasteiger partial charge in [-0.1, -0.05) is 12.8 Å². The van der Waals surface area contributed by atoms with Crippen LogP contribution >= 0.6 is 0 Å². The molecule has 1 aromatic heterocycles. The minimum Gasteiger partial charge on any atom is -0.391 e. The van der Waals surface area contributed by atoms with Gasteiger partial charge in [0.05, 0.1) is 47.3 Å². The Bertz CT molecular complexity index is 1580. The van der Waals surface area contributed by atoms with Gasteiger partial charge < -0.3 is 14.6 Å². The van der Waals surface area contributed by atoms with Gasteiger partial charge in [0.2, 0.25) is 0 Å². The number of rotatable bonds is 8. The van der Waals surface area contributed by atoms with Crippen molar-refractivity contribution in [2.24, 2.45) is 0 Å². The van der Waals surface area contributed by atoms with Crippen LogP contribution in [0.25, 0.3) is 16.9 Å². The zero-order valence-corrected chi connectivity index (χ0v) is 22.6. The van der Waals surface area contributed by atoms with Crippen LogP contribution in [0.1, 0.15) is 53.7 Å². The minimum absolute atomic E-state index is 0.00300. The van der Waals surface area contributed by atoms with Gasteiger partial charge in [-0.15, -0.1) is 0 Å². The molecule has 1 heterocycles. The van der Waals surface area contributed by atoms with Gasteiger partial charge in [-0.2, -0.15) is 31.9 Å². The summed E-state index contributed by atoms with van der Waals surface area (Å²) < 4.78 is 81.8. The quantitative estimate of drug-likeness (QED) is 0.289. The lowest BCUT2D eigenvalue weighted by atomic mass is 9.92. The molecule has 14 heteroatoms. The number of alkyl halides is 3. The molecule has 1 amide bonds. The van der Waals surface area contributed by atoms with Gasteiger partial charge in [-0.05, 0) is 62.2 Å². The summed E-state index contributed by atoms with van der Waals surface area (Å²) in [4.78, 5) is 13.2. The number of carbonyl (C=O) groups excluding carboxylic acids is 1. The summed E-state index contributed by atoms with van der Waals surface area (Å²) in [6.45, 7) is 1.60. The molecule has 2 atom stereocenters. The smallest absolute Gasteiger partial charge is 0.390 e. The molecule has 1 saturated carbocycles. The van der Waals surface area contributed by atoms with Crippen LogP contribution in [0.4, 0.5) is 17.6 Å². The molecule has 41 heavy (non-hydrogen) atoms. The Morgan fingerprint density at radius 1 is 1.20 bits per heavy atom. The molecule has 3 aromatic rings. The molecule has 4 rings (SSSR count). The predicted molar refractivity (Wildman–Crippen MR) is 139 cm³/mol. The van der Waals surface area contributed by atoms with Crippen LogP contribution in [0.2, 0.25) is 0 Å². The molecule has 0 unspecified atom stereocenters. The number of nitrogens with one attached hydrogen (secondary N) is 1. The van der Waals surface area contributed by atoms with Gasteiger partial charge in [0, 0.05) is 11.1 Å². The summed E-state index contributed by atoms with van der Waals surface area (Å²) in [5.74, 6) is -2.77. The van der Waals surface area contributed by atoms with Gasteiger partial charge in [-0.3, -0.25) is 4.79 Å². The Balaban J connectivity index is 1.71. The highest BCUT2D eigenvalue weighted by Gasteiger charge is 2.31. The van der Waals surface area contributed by atoms with Gasteiger partial charge in [0.1, 0.15) is 11.6 Å². The van der Waals surface area contributed by atoms with E-state index in [1.807, 2.05) is 6.07 Å². The van der Waals surface area contributed by atoms with Crippen LogP contribution in [0.15, 0.2) is 42.5 Å². The lowest BCUT2D eigenvalue weighted by Gasteiger charge is -2.28. The first-order valence-electron chi connectivity index (χ1n) is 12.7. The van der Waals surface area contributed by atoms with E-state index in [2.05, 4.69) is 10.4 Å². The maximum atomic E-state index is 14.4. The number of hydrogen-bond donors (Lipinski definition) is 2. The number of aromatic nitrogens is 2. The third-order valence-electron chi connectivity index (χ3n) is 6.63. The van der Waals surface area contributed by atoms with Crippen LogP contribution in [-0.4, -0.2) is 53.3 Å². The average Bonchev–Trinajstić information content (AvgIpc) is 3.25. The topological polar surface area (TPSA) is 134 Å². The Morgan fingerprint density at radius 2 is 1.88 bits per heavy atom. The second kappa shape index (κ2) is 11.9. The van der Waals surface area contributed by atoms with E-state index in [0.717, 1.165) is 25.0 Å². The third kappa shape index (κ3) is 7.42. The number of hydrogen-bond acceptors (Lipinski definition) is 7. The molecular formula is C27H26F4N4O5S. The number of nitriles is 1. The molecule has 0 radical (unpaired) electrons. The van der Waals surface area contributed by atoms with Crippen molar-refractivity contribution in [3.05, 3.63) is 65.1 Å². The van der Waals surface area contributed by atoms with Crippen LogP contribution in [0.5, 0.6) is 5.75 Å². The van der Waals surface area contributed by atoms with Crippen LogP contribution < -0.4 is 9.50 Å². The molecular weight excluding hydrogens is 568 g/mol. The second-order valence-electron chi connectivity index (χ2n) is 9.71. The number of benzene rings is 2. The van der Waals surface area contributed by atoms with Crippen LogP contribution in [-0.2, 0) is 10.1 Å². The number of aliphatic hydroxyl groups excluding tert-OH is 1. The lowest BCUT2D eigenvalue weighted by molar-refractivity contribution is -0.130. The third-order valence-corrected chi connectivity index (χ3v) is 7.78. The molecule has 0 aliphatic heterocycles. The fraction of sp³-hybridized carbons (Fsp3) is 0.370. The number of aliphatic hydroxyl groups is 1. The predicted octanol–water partition coefficient (Wildman–Crippen LogP) is 4.55. The largest absolute Gasteiger partial charge is 0.391 e. The van der Waals surface area contributed by atoms with E-state index in [1.165, 1.54) is 35.0 Å². The van der Waals surface area contributed by atoms with Crippen molar-refractivity contribution in [3.63, 3.8) is 0 Å². The highest BCUT2D eigenvalue weighted by atomic mass is 32.2. The van der Waals surface area contributed by atoms with E-state index in [9.17, 15) is 41.1 Å². The van der Waals surface area contributed by atoms with Crippen molar-refractivity contribution in [3.8, 4) is 28.8 Å². The standard InChI is InChI=1S/C27H26F4N4O5S/c1-16-24(26(37)33-22-4-2-3-5-23(22)36)34-35(20-13-17(15-32)12-19(28)14-20)25(16)18-6-8-21(9-7-18)40-41(38,39)11-10-27(29,30)31/h6-9,12-14,22-23,36H,2-5,10-11H2,1H3,(H,33,37)/t22-,23+/m0/s1. The first-order chi connectivity index (χ1) is 19.3. The van der Waals surface area contributed by atoms with E-state index < -0.39 is 52.3 Å². The molecule has 2 aromatic carbocycles. The molecule has 1 aliphatic rings. The maximum Gasteiger partial charge on any atom is 0.390 e. The molecule has 2 N–H and O–H groups in total. The molecule has 1 aliphatic carbocycles. The van der Waals surface area contributed by atoms with E-state index in [4.69, 9.17) is 4.18 Å². The fourth-order valence-electron chi connectivity index (χ4n) is 4.61. The van der Waals surface area contributed by atoms with Crippen LogP contribution in [0.3, 0.4) is 0 Å². The van der Waals surface area contributed by atoms with E-state index in [1.54, 1.807) is 6.92 Å².